The number of anilines is 1. The smallest absolute Gasteiger partial charge is 0.270 e. The van der Waals surface area contributed by atoms with E-state index in [2.05, 4.69) is 5.10 Å². The van der Waals surface area contributed by atoms with Gasteiger partial charge in [-0.2, -0.15) is 5.10 Å². The van der Waals surface area contributed by atoms with Crippen molar-refractivity contribution in [3.63, 3.8) is 0 Å². The number of carbonyl (C=O) groups excluding carboxylic acids is 2. The molecule has 0 saturated carbocycles. The van der Waals surface area contributed by atoms with Crippen molar-refractivity contribution in [1.29, 1.82) is 0 Å². The van der Waals surface area contributed by atoms with E-state index in [1.165, 1.54) is 0 Å². The van der Waals surface area contributed by atoms with Gasteiger partial charge in [-0.15, -0.1) is 0 Å². The van der Waals surface area contributed by atoms with Crippen molar-refractivity contribution < 1.29 is 14.3 Å². The van der Waals surface area contributed by atoms with Crippen LogP contribution in [0.25, 0.3) is 0 Å². The van der Waals surface area contributed by atoms with Crippen molar-refractivity contribution in [1.82, 2.24) is 4.90 Å². The van der Waals surface area contributed by atoms with Crippen LogP contribution in [0.1, 0.15) is 19.8 Å². The summed E-state index contributed by atoms with van der Waals surface area (Å²) in [4.78, 5) is 26.3. The molecule has 0 radical (unpaired) electrons. The fourth-order valence-electron chi connectivity index (χ4n) is 3.01. The van der Waals surface area contributed by atoms with Gasteiger partial charge in [-0.05, 0) is 18.6 Å². The predicted molar refractivity (Wildman–Crippen MR) is 90.6 cm³/mol. The molecule has 128 valence electrons. The van der Waals surface area contributed by atoms with Crippen molar-refractivity contribution >= 4 is 23.2 Å². The molecule has 0 aliphatic carbocycles. The van der Waals surface area contributed by atoms with Gasteiger partial charge in [-0.3, -0.25) is 14.6 Å². The Bertz CT molecular complexity index is 646. The first-order valence-corrected chi connectivity index (χ1v) is 8.22. The van der Waals surface area contributed by atoms with Gasteiger partial charge in [0.15, 0.2) is 0 Å². The maximum atomic E-state index is 12.8. The van der Waals surface area contributed by atoms with Crippen molar-refractivity contribution in [3.8, 4) is 0 Å². The van der Waals surface area contributed by atoms with E-state index < -0.39 is 11.9 Å². The number of ether oxygens (including phenoxy) is 1. The number of morpholine rings is 1. The number of amides is 2. The highest BCUT2D eigenvalue weighted by Gasteiger charge is 2.37. The second-order valence-electron chi connectivity index (χ2n) is 6.00. The van der Waals surface area contributed by atoms with Crippen LogP contribution in [0.5, 0.6) is 0 Å². The Kier molecular flexibility index (Phi) is 4.80. The van der Waals surface area contributed by atoms with Gasteiger partial charge in [-0.1, -0.05) is 25.1 Å². The average molecular weight is 330 g/mol. The minimum absolute atomic E-state index is 0.0573. The zero-order valence-corrected chi connectivity index (χ0v) is 13.7. The molecule has 3 rings (SSSR count). The molecule has 1 aromatic rings. The number of nitrogens with two attached hydrogens (primary N) is 1. The summed E-state index contributed by atoms with van der Waals surface area (Å²) < 4.78 is 5.60. The van der Waals surface area contributed by atoms with Crippen LogP contribution < -0.4 is 10.7 Å². The van der Waals surface area contributed by atoms with Crippen LogP contribution >= 0.6 is 0 Å². The lowest BCUT2D eigenvalue weighted by atomic mass is 10.1. The minimum Gasteiger partial charge on any atom is -0.375 e. The fraction of sp³-hybridized carbons (Fsp3) is 0.471. The second-order valence-corrected chi connectivity index (χ2v) is 6.00. The van der Waals surface area contributed by atoms with Crippen molar-refractivity contribution in [2.24, 2.45) is 10.8 Å². The van der Waals surface area contributed by atoms with E-state index in [0.29, 0.717) is 25.4 Å². The van der Waals surface area contributed by atoms with Gasteiger partial charge in [0.2, 0.25) is 5.91 Å². The Balaban J connectivity index is 1.80. The largest absolute Gasteiger partial charge is 0.375 e. The molecule has 7 nitrogen and oxygen atoms in total. The Morgan fingerprint density at radius 3 is 2.75 bits per heavy atom. The summed E-state index contributed by atoms with van der Waals surface area (Å²) in [6.07, 6.45) is 1.15. The molecule has 0 aromatic heterocycles. The molecule has 24 heavy (non-hydrogen) atoms. The lowest BCUT2D eigenvalue weighted by Gasteiger charge is -2.32. The molecular formula is C17H22N4O3. The average Bonchev–Trinajstić information content (AvgIpc) is 3.07. The first kappa shape index (κ1) is 16.4. The molecule has 0 spiro atoms. The Labute approximate surface area is 141 Å². The molecule has 2 unspecified atom stereocenters. The zero-order valence-electron chi connectivity index (χ0n) is 13.7. The topological polar surface area (TPSA) is 88.2 Å². The van der Waals surface area contributed by atoms with Gasteiger partial charge in [0, 0.05) is 19.5 Å². The zero-order chi connectivity index (χ0) is 17.1. The molecule has 0 bridgehead atoms. The quantitative estimate of drug-likeness (QED) is 0.882. The number of nitrogens with zero attached hydrogens (tertiary/aromatic N) is 3. The molecule has 2 heterocycles. The maximum Gasteiger partial charge on any atom is 0.270 e. The van der Waals surface area contributed by atoms with E-state index in [1.54, 1.807) is 9.91 Å². The highest BCUT2D eigenvalue weighted by Crippen LogP contribution is 2.25. The van der Waals surface area contributed by atoms with Crippen molar-refractivity contribution in [2.45, 2.75) is 31.9 Å². The van der Waals surface area contributed by atoms with E-state index in [9.17, 15) is 9.59 Å². The van der Waals surface area contributed by atoms with Gasteiger partial charge in [0.25, 0.3) is 5.91 Å². The summed E-state index contributed by atoms with van der Waals surface area (Å²) in [5.74, 6) is -0.625. The van der Waals surface area contributed by atoms with Crippen LogP contribution in [0.3, 0.4) is 0 Å². The highest BCUT2D eigenvalue weighted by atomic mass is 16.5. The number of hydrazone groups is 1. The lowest BCUT2D eigenvalue weighted by molar-refractivity contribution is -0.131. The van der Waals surface area contributed by atoms with Gasteiger partial charge in [0.1, 0.15) is 11.8 Å². The molecule has 1 fully saturated rings. The van der Waals surface area contributed by atoms with Gasteiger partial charge < -0.3 is 15.4 Å². The van der Waals surface area contributed by atoms with E-state index in [4.69, 9.17) is 10.5 Å². The molecule has 2 N–H and O–H groups in total. The molecule has 2 atom stereocenters. The first-order chi connectivity index (χ1) is 11.6. The van der Waals surface area contributed by atoms with Gasteiger partial charge in [0.05, 0.1) is 18.4 Å². The number of para-hydroxylation sites is 1. The lowest BCUT2D eigenvalue weighted by Crippen LogP contribution is -2.48. The fourth-order valence-corrected chi connectivity index (χ4v) is 3.01. The number of rotatable bonds is 4. The van der Waals surface area contributed by atoms with Crippen LogP contribution in [-0.4, -0.2) is 54.3 Å². The van der Waals surface area contributed by atoms with Crippen LogP contribution in [0.15, 0.2) is 35.4 Å². The maximum absolute atomic E-state index is 12.8. The van der Waals surface area contributed by atoms with Gasteiger partial charge >= 0.3 is 0 Å². The standard InChI is InChI=1S/C17H22N4O3/c1-2-13-11-20(8-9-24-13)17(23)14-10-15(16(18)22)21(19-14)12-6-4-3-5-7-12/h3-7,13,15H,2,8-11H2,1H3,(H2,18,22). The van der Waals surface area contributed by atoms with E-state index in [-0.39, 0.29) is 18.4 Å². The third-order valence-electron chi connectivity index (χ3n) is 4.39. The second kappa shape index (κ2) is 7.00. The van der Waals surface area contributed by atoms with Crippen LogP contribution in [0.2, 0.25) is 0 Å². The minimum atomic E-state index is -0.630. The molecule has 1 aromatic carbocycles. The first-order valence-electron chi connectivity index (χ1n) is 8.22. The predicted octanol–water partition coefficient (Wildman–Crippen LogP) is 0.744. The summed E-state index contributed by atoms with van der Waals surface area (Å²) in [6, 6.07) is 8.65. The van der Waals surface area contributed by atoms with Crippen molar-refractivity contribution in [3.05, 3.63) is 30.3 Å². The summed E-state index contributed by atoms with van der Waals surface area (Å²) in [7, 11) is 0. The Hall–Kier alpha value is -2.41. The summed E-state index contributed by atoms with van der Waals surface area (Å²) in [5.41, 5.74) is 6.63. The van der Waals surface area contributed by atoms with E-state index in [1.807, 2.05) is 37.3 Å². The van der Waals surface area contributed by atoms with Crippen LogP contribution in [-0.2, 0) is 14.3 Å². The van der Waals surface area contributed by atoms with Gasteiger partial charge in [-0.25, -0.2) is 0 Å². The Morgan fingerprint density at radius 2 is 2.08 bits per heavy atom. The highest BCUT2D eigenvalue weighted by molar-refractivity contribution is 6.40. The molecule has 2 amide bonds. The number of carbonyl (C=O) groups is 2. The molecule has 2 aliphatic rings. The van der Waals surface area contributed by atoms with E-state index >= 15 is 0 Å². The normalized spacial score (nSPS) is 24.0. The summed E-state index contributed by atoms with van der Waals surface area (Å²) in [6.45, 7) is 3.66. The summed E-state index contributed by atoms with van der Waals surface area (Å²) >= 11 is 0. The number of primary amides is 1. The third-order valence-corrected chi connectivity index (χ3v) is 4.39. The molecule has 7 heteroatoms. The molecule has 2 aliphatic heterocycles. The Morgan fingerprint density at radius 1 is 1.33 bits per heavy atom. The monoisotopic (exact) mass is 330 g/mol. The molecule has 1 saturated heterocycles. The van der Waals surface area contributed by atoms with Crippen molar-refractivity contribution in [2.75, 3.05) is 24.7 Å². The number of benzene rings is 1. The SMILES string of the molecule is CCC1CN(C(=O)C2=NN(c3ccccc3)C(C(N)=O)C2)CCO1. The number of hydrogen-bond acceptors (Lipinski definition) is 5. The summed E-state index contributed by atoms with van der Waals surface area (Å²) in [5, 5.41) is 5.95. The molecular weight excluding hydrogens is 308 g/mol. The van der Waals surface area contributed by atoms with Crippen LogP contribution in [0.4, 0.5) is 5.69 Å². The number of hydrogen-bond donors (Lipinski definition) is 1. The van der Waals surface area contributed by atoms with Crippen LogP contribution in [0, 0.1) is 0 Å². The third kappa shape index (κ3) is 3.26. The van der Waals surface area contributed by atoms with E-state index in [0.717, 1.165) is 12.1 Å².